The number of amides is 3. The van der Waals surface area contributed by atoms with E-state index in [9.17, 15) is 14.4 Å². The Labute approximate surface area is 165 Å². The lowest BCUT2D eigenvalue weighted by atomic mass is 10.1. The number of imide groups is 1. The number of aryl methyl sites for hydroxylation is 1. The molecular formula is C21H17N3O3S. The summed E-state index contributed by atoms with van der Waals surface area (Å²) in [6, 6.07) is 14.3. The summed E-state index contributed by atoms with van der Waals surface area (Å²) in [5.41, 5.74) is 1.97. The topological polar surface area (TPSA) is 79.4 Å². The van der Waals surface area contributed by atoms with Crippen LogP contribution in [-0.4, -0.2) is 34.2 Å². The fourth-order valence-corrected chi connectivity index (χ4v) is 3.76. The maximum absolute atomic E-state index is 12.7. The molecule has 2 aromatic carbocycles. The van der Waals surface area contributed by atoms with Crippen LogP contribution in [0, 0.1) is 6.92 Å². The summed E-state index contributed by atoms with van der Waals surface area (Å²) >= 11 is 1.37. The average molecular weight is 391 g/mol. The van der Waals surface area contributed by atoms with Crippen molar-refractivity contribution >= 4 is 34.2 Å². The predicted molar refractivity (Wildman–Crippen MR) is 107 cm³/mol. The Bertz CT molecular complexity index is 1080. The molecule has 1 aliphatic heterocycles. The molecule has 1 aromatic heterocycles. The number of carbonyl (C=O) groups excluding carboxylic acids is 3. The molecule has 3 amide bonds. The van der Waals surface area contributed by atoms with Crippen molar-refractivity contribution in [2.24, 2.45) is 0 Å². The zero-order valence-corrected chi connectivity index (χ0v) is 16.0. The minimum Gasteiger partial charge on any atom is -0.298 e. The minimum absolute atomic E-state index is 0.265. The molecule has 140 valence electrons. The van der Waals surface area contributed by atoms with E-state index in [4.69, 9.17) is 0 Å². The molecule has 2 heterocycles. The van der Waals surface area contributed by atoms with Gasteiger partial charge in [-0.25, -0.2) is 4.98 Å². The molecule has 3 aromatic rings. The summed E-state index contributed by atoms with van der Waals surface area (Å²) < 4.78 is 0. The Balaban J connectivity index is 1.51. The van der Waals surface area contributed by atoms with Crippen molar-refractivity contribution in [3.8, 4) is 0 Å². The van der Waals surface area contributed by atoms with Crippen molar-refractivity contribution in [1.82, 2.24) is 9.88 Å². The van der Waals surface area contributed by atoms with Gasteiger partial charge in [0.1, 0.15) is 0 Å². The van der Waals surface area contributed by atoms with Crippen molar-refractivity contribution in [1.29, 1.82) is 0 Å². The molecule has 7 heteroatoms. The van der Waals surface area contributed by atoms with Gasteiger partial charge in [-0.15, -0.1) is 11.3 Å². The van der Waals surface area contributed by atoms with Crippen molar-refractivity contribution in [3.63, 3.8) is 0 Å². The number of anilines is 1. The van der Waals surface area contributed by atoms with Gasteiger partial charge in [0.2, 0.25) is 0 Å². The molecule has 1 aliphatic rings. The first kappa shape index (κ1) is 18.1. The molecule has 0 aliphatic carbocycles. The van der Waals surface area contributed by atoms with E-state index in [2.05, 4.69) is 10.3 Å². The number of hydrogen-bond donors (Lipinski definition) is 1. The van der Waals surface area contributed by atoms with Crippen LogP contribution in [0.25, 0.3) is 0 Å². The minimum atomic E-state index is -0.365. The van der Waals surface area contributed by atoms with Gasteiger partial charge in [-0.1, -0.05) is 30.3 Å². The van der Waals surface area contributed by atoms with Gasteiger partial charge in [0.15, 0.2) is 5.13 Å². The Hall–Kier alpha value is -3.32. The van der Waals surface area contributed by atoms with Gasteiger partial charge in [-0.2, -0.15) is 0 Å². The van der Waals surface area contributed by atoms with Crippen LogP contribution in [0.3, 0.4) is 0 Å². The number of fused-ring (bicyclic) bond motifs is 1. The van der Waals surface area contributed by atoms with Crippen LogP contribution >= 0.6 is 11.3 Å². The van der Waals surface area contributed by atoms with Crippen LogP contribution in [0.1, 0.15) is 41.5 Å². The highest BCUT2D eigenvalue weighted by Gasteiger charge is 2.35. The van der Waals surface area contributed by atoms with Crippen LogP contribution in [0.4, 0.5) is 5.13 Å². The van der Waals surface area contributed by atoms with E-state index in [1.807, 2.05) is 37.3 Å². The zero-order chi connectivity index (χ0) is 19.7. The second kappa shape index (κ2) is 7.36. The monoisotopic (exact) mass is 391 g/mol. The second-order valence-electron chi connectivity index (χ2n) is 6.49. The fourth-order valence-electron chi connectivity index (χ4n) is 3.10. The normalized spacial score (nSPS) is 13.0. The number of aromatic nitrogens is 1. The first-order valence-corrected chi connectivity index (χ1v) is 9.62. The molecule has 0 unspecified atom stereocenters. The molecule has 0 radical (unpaired) electrons. The highest BCUT2D eigenvalue weighted by Crippen LogP contribution is 2.25. The van der Waals surface area contributed by atoms with E-state index in [0.29, 0.717) is 29.2 Å². The summed E-state index contributed by atoms with van der Waals surface area (Å²) in [6.45, 7) is 2.20. The summed E-state index contributed by atoms with van der Waals surface area (Å²) in [5, 5.41) is 3.21. The van der Waals surface area contributed by atoms with E-state index in [-0.39, 0.29) is 23.3 Å². The molecule has 1 N–H and O–H groups in total. The molecule has 0 atom stereocenters. The van der Waals surface area contributed by atoms with Crippen LogP contribution in [-0.2, 0) is 6.42 Å². The highest BCUT2D eigenvalue weighted by molar-refractivity contribution is 7.15. The number of rotatable bonds is 5. The Morgan fingerprint density at radius 2 is 1.82 bits per heavy atom. The maximum Gasteiger partial charge on any atom is 0.261 e. The van der Waals surface area contributed by atoms with Crippen LogP contribution in [0.2, 0.25) is 0 Å². The van der Waals surface area contributed by atoms with Gasteiger partial charge in [0, 0.05) is 23.2 Å². The van der Waals surface area contributed by atoms with Gasteiger partial charge in [-0.05, 0) is 37.1 Å². The molecule has 0 spiro atoms. The van der Waals surface area contributed by atoms with Gasteiger partial charge in [0.25, 0.3) is 17.7 Å². The SMILES string of the molecule is Cc1cnc(NC(=O)c2ccc3c(c2)C(=O)N(CCc2ccccc2)C3=O)s1. The Morgan fingerprint density at radius 1 is 1.07 bits per heavy atom. The van der Waals surface area contributed by atoms with E-state index < -0.39 is 0 Å². The van der Waals surface area contributed by atoms with E-state index in [1.54, 1.807) is 18.3 Å². The summed E-state index contributed by atoms with van der Waals surface area (Å²) in [5.74, 6) is -1.05. The van der Waals surface area contributed by atoms with Gasteiger partial charge in [-0.3, -0.25) is 24.6 Å². The second-order valence-corrected chi connectivity index (χ2v) is 7.72. The highest BCUT2D eigenvalue weighted by atomic mass is 32.1. The third-order valence-corrected chi connectivity index (χ3v) is 5.37. The number of thiazole rings is 1. The first-order valence-electron chi connectivity index (χ1n) is 8.81. The lowest BCUT2D eigenvalue weighted by Crippen LogP contribution is -2.31. The largest absolute Gasteiger partial charge is 0.298 e. The van der Waals surface area contributed by atoms with E-state index in [1.165, 1.54) is 22.3 Å². The summed E-state index contributed by atoms with van der Waals surface area (Å²) in [4.78, 5) is 44.1. The molecular weight excluding hydrogens is 374 g/mol. The van der Waals surface area contributed by atoms with Crippen LogP contribution in [0.15, 0.2) is 54.7 Å². The summed E-state index contributed by atoms with van der Waals surface area (Å²) in [6.07, 6.45) is 2.26. The number of hydrogen-bond acceptors (Lipinski definition) is 5. The van der Waals surface area contributed by atoms with Gasteiger partial charge in [0.05, 0.1) is 11.1 Å². The molecule has 0 saturated carbocycles. The van der Waals surface area contributed by atoms with E-state index >= 15 is 0 Å². The van der Waals surface area contributed by atoms with Crippen molar-refractivity contribution in [2.75, 3.05) is 11.9 Å². The predicted octanol–water partition coefficient (Wildman–Crippen LogP) is 3.54. The number of nitrogens with one attached hydrogen (secondary N) is 1. The zero-order valence-electron chi connectivity index (χ0n) is 15.1. The number of benzene rings is 2. The van der Waals surface area contributed by atoms with Crippen molar-refractivity contribution < 1.29 is 14.4 Å². The third-order valence-electron chi connectivity index (χ3n) is 4.54. The fraction of sp³-hybridized carbons (Fsp3) is 0.143. The van der Waals surface area contributed by atoms with Gasteiger partial charge >= 0.3 is 0 Å². The van der Waals surface area contributed by atoms with Crippen molar-refractivity contribution in [2.45, 2.75) is 13.3 Å². The lowest BCUT2D eigenvalue weighted by molar-refractivity contribution is 0.0656. The maximum atomic E-state index is 12.7. The first-order chi connectivity index (χ1) is 13.5. The van der Waals surface area contributed by atoms with Gasteiger partial charge < -0.3 is 0 Å². The smallest absolute Gasteiger partial charge is 0.261 e. The molecule has 6 nitrogen and oxygen atoms in total. The molecule has 0 bridgehead atoms. The third kappa shape index (κ3) is 3.44. The standard InChI is InChI=1S/C21H17N3O3S/c1-13-12-22-21(28-13)23-18(25)15-7-8-16-17(11-15)20(27)24(19(16)26)10-9-14-5-3-2-4-6-14/h2-8,11-12H,9-10H2,1H3,(H,22,23,25). The van der Waals surface area contributed by atoms with E-state index in [0.717, 1.165) is 10.4 Å². The molecule has 0 saturated heterocycles. The Kier molecular flexibility index (Phi) is 4.75. The number of nitrogens with zero attached hydrogens (tertiary/aromatic N) is 2. The van der Waals surface area contributed by atoms with Crippen LogP contribution < -0.4 is 5.32 Å². The lowest BCUT2D eigenvalue weighted by Gasteiger charge is -2.13. The number of carbonyl (C=O) groups is 3. The molecule has 4 rings (SSSR count). The average Bonchev–Trinajstić information content (AvgIpc) is 3.22. The van der Waals surface area contributed by atoms with Crippen molar-refractivity contribution in [3.05, 3.63) is 81.9 Å². The molecule has 28 heavy (non-hydrogen) atoms. The molecule has 0 fully saturated rings. The Morgan fingerprint density at radius 3 is 2.54 bits per heavy atom. The van der Waals surface area contributed by atoms with Crippen LogP contribution in [0.5, 0.6) is 0 Å². The quantitative estimate of drug-likeness (QED) is 0.675. The summed E-state index contributed by atoms with van der Waals surface area (Å²) in [7, 11) is 0.